The summed E-state index contributed by atoms with van der Waals surface area (Å²) >= 11 is 1.15. The number of carbonyl (C=O) groups is 1. The molecule has 8 nitrogen and oxygen atoms in total. The summed E-state index contributed by atoms with van der Waals surface area (Å²) in [6.45, 7) is -0.196. The van der Waals surface area contributed by atoms with Crippen LogP contribution in [0.1, 0.15) is 12.0 Å². The molecule has 2 aliphatic heterocycles. The van der Waals surface area contributed by atoms with Crippen LogP contribution in [0.4, 0.5) is 5.69 Å². The van der Waals surface area contributed by atoms with Crippen molar-refractivity contribution in [2.45, 2.75) is 23.0 Å². The standard InChI is InChI=1S/C13H12N2O6S2/c16-11-7-12-14(11)6-5-13(22-12)23(19,20)21-8-9-1-3-10(4-2-9)15(17)18/h1-6,12-13H,7-8H2/t12-,13?/m1/s1. The lowest BCUT2D eigenvalue weighted by Gasteiger charge is -2.41. The van der Waals surface area contributed by atoms with Crippen molar-refractivity contribution in [3.8, 4) is 0 Å². The fourth-order valence-electron chi connectivity index (χ4n) is 2.15. The monoisotopic (exact) mass is 356 g/mol. The number of carbonyl (C=O) groups excluding carboxylic acids is 1. The molecule has 0 N–H and O–H groups in total. The fourth-order valence-corrected chi connectivity index (χ4v) is 4.97. The van der Waals surface area contributed by atoms with Crippen molar-refractivity contribution < 1.29 is 22.3 Å². The van der Waals surface area contributed by atoms with Crippen LogP contribution >= 0.6 is 11.8 Å². The Hall–Kier alpha value is -1.91. The second-order valence-electron chi connectivity index (χ2n) is 4.98. The predicted molar refractivity (Wildman–Crippen MR) is 82.6 cm³/mol. The number of hydrogen-bond acceptors (Lipinski definition) is 7. The number of β-lactam (4-membered cyclic amide) rings is 1. The molecule has 122 valence electrons. The zero-order valence-electron chi connectivity index (χ0n) is 11.7. The van der Waals surface area contributed by atoms with Gasteiger partial charge in [0.1, 0.15) is 0 Å². The van der Waals surface area contributed by atoms with Gasteiger partial charge < -0.3 is 4.90 Å². The number of nitrogens with zero attached hydrogens (tertiary/aromatic N) is 2. The van der Waals surface area contributed by atoms with Gasteiger partial charge in [-0.2, -0.15) is 8.42 Å². The van der Waals surface area contributed by atoms with Crippen LogP contribution in [-0.2, 0) is 25.7 Å². The molecule has 2 heterocycles. The molecule has 2 atom stereocenters. The molecule has 0 aromatic heterocycles. The minimum Gasteiger partial charge on any atom is -0.306 e. The van der Waals surface area contributed by atoms with Gasteiger partial charge in [-0.1, -0.05) is 0 Å². The number of nitro benzene ring substituents is 1. The zero-order valence-corrected chi connectivity index (χ0v) is 13.3. The number of hydrogen-bond donors (Lipinski definition) is 0. The summed E-state index contributed by atoms with van der Waals surface area (Å²) in [5.41, 5.74) is 0.446. The van der Waals surface area contributed by atoms with Gasteiger partial charge in [0.25, 0.3) is 15.8 Å². The van der Waals surface area contributed by atoms with E-state index in [4.69, 9.17) is 4.18 Å². The third-order valence-corrected chi connectivity index (χ3v) is 6.81. The van der Waals surface area contributed by atoms with E-state index in [2.05, 4.69) is 0 Å². The number of nitro groups is 1. The smallest absolute Gasteiger partial charge is 0.283 e. The molecular weight excluding hydrogens is 344 g/mol. The first-order valence-electron chi connectivity index (χ1n) is 6.63. The molecule has 3 rings (SSSR count). The lowest BCUT2D eigenvalue weighted by Crippen LogP contribution is -2.50. The van der Waals surface area contributed by atoms with Gasteiger partial charge >= 0.3 is 0 Å². The van der Waals surface area contributed by atoms with Crippen molar-refractivity contribution >= 4 is 33.5 Å². The van der Waals surface area contributed by atoms with E-state index in [9.17, 15) is 23.3 Å². The maximum Gasteiger partial charge on any atom is 0.283 e. The Morgan fingerprint density at radius 2 is 2.04 bits per heavy atom. The first-order chi connectivity index (χ1) is 10.9. The van der Waals surface area contributed by atoms with E-state index in [1.54, 1.807) is 0 Å². The molecule has 1 unspecified atom stereocenters. The topological polar surface area (TPSA) is 107 Å². The van der Waals surface area contributed by atoms with Crippen LogP contribution in [0.5, 0.6) is 0 Å². The van der Waals surface area contributed by atoms with Crippen molar-refractivity contribution in [2.24, 2.45) is 0 Å². The van der Waals surface area contributed by atoms with Gasteiger partial charge in [0.2, 0.25) is 5.91 Å². The molecule has 0 saturated carbocycles. The largest absolute Gasteiger partial charge is 0.306 e. The molecular formula is C13H12N2O6S2. The van der Waals surface area contributed by atoms with Crippen LogP contribution in [0.3, 0.4) is 0 Å². The molecule has 1 amide bonds. The Bertz CT molecular complexity index is 774. The maximum absolute atomic E-state index is 12.2. The quantitative estimate of drug-likeness (QED) is 0.341. The summed E-state index contributed by atoms with van der Waals surface area (Å²) in [6.07, 6.45) is 3.22. The lowest BCUT2D eigenvalue weighted by atomic mass is 10.2. The summed E-state index contributed by atoms with van der Waals surface area (Å²) < 4.78 is 28.5. The predicted octanol–water partition coefficient (Wildman–Crippen LogP) is 1.59. The Morgan fingerprint density at radius 3 is 2.61 bits per heavy atom. The van der Waals surface area contributed by atoms with Gasteiger partial charge in [0, 0.05) is 18.3 Å². The van der Waals surface area contributed by atoms with E-state index in [-0.39, 0.29) is 23.6 Å². The molecule has 0 aliphatic carbocycles. The lowest BCUT2D eigenvalue weighted by molar-refractivity contribution is -0.384. The maximum atomic E-state index is 12.2. The van der Waals surface area contributed by atoms with Crippen molar-refractivity contribution in [1.82, 2.24) is 4.90 Å². The van der Waals surface area contributed by atoms with Crippen LogP contribution in [0.15, 0.2) is 36.5 Å². The van der Waals surface area contributed by atoms with E-state index < -0.39 is 19.6 Å². The minimum absolute atomic E-state index is 0.0265. The van der Waals surface area contributed by atoms with Crippen molar-refractivity contribution in [2.75, 3.05) is 0 Å². The Morgan fingerprint density at radius 1 is 1.35 bits per heavy atom. The van der Waals surface area contributed by atoms with Gasteiger partial charge in [0.05, 0.1) is 23.3 Å². The zero-order chi connectivity index (χ0) is 16.6. The van der Waals surface area contributed by atoms with E-state index in [0.29, 0.717) is 12.0 Å². The van der Waals surface area contributed by atoms with E-state index in [1.165, 1.54) is 41.4 Å². The molecule has 1 saturated heterocycles. The molecule has 0 spiro atoms. The number of benzene rings is 1. The summed E-state index contributed by atoms with van der Waals surface area (Å²) in [5.74, 6) is -0.0265. The summed E-state index contributed by atoms with van der Waals surface area (Å²) in [6, 6.07) is 5.48. The molecule has 0 radical (unpaired) electrons. The number of amides is 1. The average Bonchev–Trinajstić information content (AvgIpc) is 2.52. The summed E-state index contributed by atoms with van der Waals surface area (Å²) in [5, 5.41) is 10.4. The normalized spacial score (nSPS) is 23.3. The third-order valence-electron chi connectivity index (χ3n) is 3.46. The molecule has 23 heavy (non-hydrogen) atoms. The number of rotatable bonds is 5. The molecule has 2 aliphatic rings. The average molecular weight is 356 g/mol. The van der Waals surface area contributed by atoms with Crippen LogP contribution in [0.25, 0.3) is 0 Å². The van der Waals surface area contributed by atoms with Gasteiger partial charge in [0.15, 0.2) is 4.58 Å². The Labute approximate surface area is 136 Å². The molecule has 10 heteroatoms. The highest BCUT2D eigenvalue weighted by atomic mass is 32.3. The molecule has 1 aromatic carbocycles. The van der Waals surface area contributed by atoms with Gasteiger partial charge in [-0.15, -0.1) is 11.8 Å². The van der Waals surface area contributed by atoms with Crippen LogP contribution in [0, 0.1) is 10.1 Å². The van der Waals surface area contributed by atoms with E-state index >= 15 is 0 Å². The Kier molecular flexibility index (Phi) is 4.13. The second kappa shape index (κ2) is 5.95. The number of non-ortho nitro benzene ring substituents is 1. The van der Waals surface area contributed by atoms with Crippen molar-refractivity contribution in [1.29, 1.82) is 0 Å². The van der Waals surface area contributed by atoms with Gasteiger partial charge in [-0.3, -0.25) is 19.1 Å². The first-order valence-corrected chi connectivity index (χ1v) is 9.05. The second-order valence-corrected chi connectivity index (χ2v) is 8.34. The first kappa shape index (κ1) is 16.0. The SMILES string of the molecule is O=C1C[C@H]2SC(S(=O)(=O)OCc3ccc([N+](=O)[O-])cc3)C=CN12. The molecule has 1 aromatic rings. The molecule has 1 fully saturated rings. The fraction of sp³-hybridized carbons (Fsp3) is 0.308. The number of fused-ring (bicyclic) bond motifs is 1. The third kappa shape index (κ3) is 3.23. The summed E-state index contributed by atoms with van der Waals surface area (Å²) in [7, 11) is -3.84. The summed E-state index contributed by atoms with van der Waals surface area (Å²) in [4.78, 5) is 22.8. The highest BCUT2D eigenvalue weighted by molar-refractivity contribution is 8.12. The highest BCUT2D eigenvalue weighted by Gasteiger charge is 2.42. The van der Waals surface area contributed by atoms with Crippen molar-refractivity contribution in [3.05, 3.63) is 52.2 Å². The minimum atomic E-state index is -3.84. The highest BCUT2D eigenvalue weighted by Crippen LogP contribution is 2.39. The van der Waals surface area contributed by atoms with E-state index in [0.717, 1.165) is 11.8 Å². The van der Waals surface area contributed by atoms with Gasteiger partial charge in [-0.25, -0.2) is 0 Å². The Balaban J connectivity index is 1.63. The number of thioether (sulfide) groups is 1. The van der Waals surface area contributed by atoms with E-state index in [1.807, 2.05) is 0 Å². The van der Waals surface area contributed by atoms with Gasteiger partial charge in [-0.05, 0) is 23.8 Å². The van der Waals surface area contributed by atoms with Crippen molar-refractivity contribution in [3.63, 3.8) is 0 Å². The van der Waals surface area contributed by atoms with Crippen LogP contribution in [0.2, 0.25) is 0 Å². The van der Waals surface area contributed by atoms with Crippen LogP contribution in [-0.4, -0.2) is 34.1 Å². The molecule has 0 bridgehead atoms. The van der Waals surface area contributed by atoms with Crippen LogP contribution < -0.4 is 0 Å².